The number of hydrogen-bond acceptors (Lipinski definition) is 5. The number of hydrogen-bond donors (Lipinski definition) is 0. The topological polar surface area (TPSA) is 38.2 Å². The van der Waals surface area contributed by atoms with Crippen LogP contribution in [0.5, 0.6) is 0 Å². The molecular weight excluding hydrogens is 296 g/mol. The molecule has 0 radical (unpaired) electrons. The van der Waals surface area contributed by atoms with Crippen molar-refractivity contribution in [1.29, 1.82) is 0 Å². The Balaban J connectivity index is 1.63. The molecule has 1 aromatic heterocycles. The summed E-state index contributed by atoms with van der Waals surface area (Å²) in [6.45, 7) is -1.35. The lowest BCUT2D eigenvalue weighted by molar-refractivity contribution is -0.166. The molecule has 1 aliphatic rings. The molecule has 1 saturated heterocycles. The number of halogens is 2. The Morgan fingerprint density at radius 3 is 2.57 bits per heavy atom. The molecule has 4 nitrogen and oxygen atoms in total. The van der Waals surface area contributed by atoms with Crippen molar-refractivity contribution in [2.75, 3.05) is 18.0 Å². The third kappa shape index (κ3) is 3.54. The molecule has 0 bridgehead atoms. The van der Waals surface area contributed by atoms with E-state index in [1.165, 1.54) is 11.5 Å². The van der Waals surface area contributed by atoms with Crippen molar-refractivity contribution >= 4 is 16.7 Å². The molecule has 2 heterocycles. The van der Waals surface area contributed by atoms with Gasteiger partial charge in [-0.2, -0.15) is 18.1 Å². The zero-order valence-corrected chi connectivity index (χ0v) is 12.1. The average Bonchev–Trinajstić information content (AvgIpc) is 2.98. The van der Waals surface area contributed by atoms with Crippen LogP contribution in [0.4, 0.5) is 13.9 Å². The number of benzene rings is 1. The Morgan fingerprint density at radius 2 is 1.90 bits per heavy atom. The van der Waals surface area contributed by atoms with Gasteiger partial charge in [-0.1, -0.05) is 30.3 Å². The number of rotatable bonds is 4. The van der Waals surface area contributed by atoms with E-state index in [0.29, 0.717) is 31.8 Å². The Bertz CT molecular complexity index is 571. The van der Waals surface area contributed by atoms with Gasteiger partial charge in [-0.3, -0.25) is 0 Å². The van der Waals surface area contributed by atoms with Crippen molar-refractivity contribution in [2.24, 2.45) is 0 Å². The standard InChI is InChI=1S/C14H15F2N3OS/c15-13(16)20-11-6-8-19(9-7-11)14-17-12(18-21-14)10-4-2-1-3-5-10/h1-5,11,13H,6-9H2. The van der Waals surface area contributed by atoms with Gasteiger partial charge in [-0.15, -0.1) is 0 Å². The number of nitrogens with zero attached hydrogens (tertiary/aromatic N) is 3. The second-order valence-electron chi connectivity index (χ2n) is 4.85. The zero-order valence-electron chi connectivity index (χ0n) is 11.3. The minimum atomic E-state index is -2.69. The summed E-state index contributed by atoms with van der Waals surface area (Å²) in [6, 6.07) is 9.78. The molecular formula is C14H15F2N3OS. The van der Waals surface area contributed by atoms with E-state index in [1.54, 1.807) is 0 Å². The predicted octanol–water partition coefficient (Wildman–Crippen LogP) is 3.41. The molecule has 0 atom stereocenters. The molecule has 0 saturated carbocycles. The first kappa shape index (κ1) is 14.3. The molecule has 1 fully saturated rings. The Labute approximate surface area is 125 Å². The van der Waals surface area contributed by atoms with Gasteiger partial charge in [0.15, 0.2) is 5.82 Å². The molecule has 3 rings (SSSR count). The van der Waals surface area contributed by atoms with E-state index in [1.807, 2.05) is 30.3 Å². The normalized spacial score (nSPS) is 16.6. The van der Waals surface area contributed by atoms with Crippen molar-refractivity contribution < 1.29 is 13.5 Å². The van der Waals surface area contributed by atoms with Gasteiger partial charge in [0.25, 0.3) is 0 Å². The maximum absolute atomic E-state index is 12.2. The summed E-state index contributed by atoms with van der Waals surface area (Å²) in [5.74, 6) is 0.710. The minimum absolute atomic E-state index is 0.359. The van der Waals surface area contributed by atoms with Crippen LogP contribution in [-0.2, 0) is 4.74 Å². The van der Waals surface area contributed by atoms with Gasteiger partial charge in [0.1, 0.15) is 0 Å². The zero-order chi connectivity index (χ0) is 14.7. The maximum Gasteiger partial charge on any atom is 0.345 e. The number of alkyl halides is 2. The van der Waals surface area contributed by atoms with Crippen molar-refractivity contribution in [3.63, 3.8) is 0 Å². The first-order chi connectivity index (χ1) is 10.2. The highest BCUT2D eigenvalue weighted by molar-refractivity contribution is 7.09. The van der Waals surface area contributed by atoms with E-state index in [4.69, 9.17) is 0 Å². The smallest absolute Gasteiger partial charge is 0.345 e. The third-order valence-corrected chi connectivity index (χ3v) is 4.23. The summed E-state index contributed by atoms with van der Waals surface area (Å²) < 4.78 is 33.3. The summed E-state index contributed by atoms with van der Waals surface area (Å²) in [6.07, 6.45) is 0.817. The highest BCUT2D eigenvalue weighted by Crippen LogP contribution is 2.27. The van der Waals surface area contributed by atoms with Gasteiger partial charge in [-0.05, 0) is 12.8 Å². The van der Waals surface area contributed by atoms with Gasteiger partial charge >= 0.3 is 6.61 Å². The van der Waals surface area contributed by atoms with Gasteiger partial charge < -0.3 is 9.64 Å². The van der Waals surface area contributed by atoms with Gasteiger partial charge in [0.2, 0.25) is 5.13 Å². The highest BCUT2D eigenvalue weighted by atomic mass is 32.1. The van der Waals surface area contributed by atoms with Crippen LogP contribution in [0.3, 0.4) is 0 Å². The molecule has 2 aromatic rings. The minimum Gasteiger partial charge on any atom is -0.347 e. The summed E-state index contributed by atoms with van der Waals surface area (Å²) >= 11 is 1.34. The van der Waals surface area contributed by atoms with Gasteiger partial charge in [0, 0.05) is 30.2 Å². The number of ether oxygens (including phenoxy) is 1. The fourth-order valence-electron chi connectivity index (χ4n) is 2.38. The van der Waals surface area contributed by atoms with Crippen molar-refractivity contribution in [2.45, 2.75) is 25.6 Å². The van der Waals surface area contributed by atoms with Crippen LogP contribution in [0.1, 0.15) is 12.8 Å². The van der Waals surface area contributed by atoms with Crippen LogP contribution in [0.15, 0.2) is 30.3 Å². The van der Waals surface area contributed by atoms with E-state index < -0.39 is 6.61 Å². The SMILES string of the molecule is FC(F)OC1CCN(c2nc(-c3ccccc3)ns2)CC1. The van der Waals surface area contributed by atoms with Crippen LogP contribution in [-0.4, -0.2) is 35.2 Å². The molecule has 1 aromatic carbocycles. The summed E-state index contributed by atoms with van der Waals surface area (Å²) in [4.78, 5) is 6.61. The largest absolute Gasteiger partial charge is 0.347 e. The molecule has 112 valence electrons. The molecule has 1 aliphatic heterocycles. The fourth-order valence-corrected chi connectivity index (χ4v) is 3.12. The van der Waals surface area contributed by atoms with Crippen molar-refractivity contribution in [3.8, 4) is 11.4 Å². The first-order valence-electron chi connectivity index (χ1n) is 6.80. The molecule has 0 unspecified atom stereocenters. The van der Waals surface area contributed by atoms with E-state index in [0.717, 1.165) is 10.7 Å². The average molecular weight is 311 g/mol. The predicted molar refractivity (Wildman–Crippen MR) is 77.7 cm³/mol. The Kier molecular flexibility index (Phi) is 4.40. The second-order valence-corrected chi connectivity index (χ2v) is 5.58. The van der Waals surface area contributed by atoms with E-state index in [-0.39, 0.29) is 6.10 Å². The number of aromatic nitrogens is 2. The van der Waals surface area contributed by atoms with Crippen LogP contribution in [0.2, 0.25) is 0 Å². The van der Waals surface area contributed by atoms with Gasteiger partial charge in [-0.25, -0.2) is 0 Å². The molecule has 0 spiro atoms. The van der Waals surface area contributed by atoms with Crippen molar-refractivity contribution in [3.05, 3.63) is 30.3 Å². The number of piperidine rings is 1. The Hall–Kier alpha value is -1.60. The van der Waals surface area contributed by atoms with Crippen LogP contribution >= 0.6 is 11.5 Å². The summed E-state index contributed by atoms with van der Waals surface area (Å²) in [5.41, 5.74) is 0.982. The van der Waals surface area contributed by atoms with E-state index in [2.05, 4.69) is 19.0 Å². The molecule has 7 heteroatoms. The quantitative estimate of drug-likeness (QED) is 0.867. The maximum atomic E-state index is 12.2. The highest BCUT2D eigenvalue weighted by Gasteiger charge is 2.24. The molecule has 0 amide bonds. The number of anilines is 1. The van der Waals surface area contributed by atoms with E-state index in [9.17, 15) is 8.78 Å². The lowest BCUT2D eigenvalue weighted by Crippen LogP contribution is -2.37. The molecule has 21 heavy (non-hydrogen) atoms. The molecule has 0 N–H and O–H groups in total. The Morgan fingerprint density at radius 1 is 1.19 bits per heavy atom. The lowest BCUT2D eigenvalue weighted by Gasteiger charge is -2.31. The van der Waals surface area contributed by atoms with Crippen LogP contribution < -0.4 is 4.90 Å². The van der Waals surface area contributed by atoms with Crippen LogP contribution in [0.25, 0.3) is 11.4 Å². The summed E-state index contributed by atoms with van der Waals surface area (Å²) in [5, 5.41) is 0.837. The lowest BCUT2D eigenvalue weighted by atomic mass is 10.1. The monoisotopic (exact) mass is 311 g/mol. The van der Waals surface area contributed by atoms with Gasteiger partial charge in [0.05, 0.1) is 6.10 Å². The summed E-state index contributed by atoms with van der Waals surface area (Å²) in [7, 11) is 0. The first-order valence-corrected chi connectivity index (χ1v) is 7.57. The van der Waals surface area contributed by atoms with Crippen LogP contribution in [0, 0.1) is 0 Å². The molecule has 0 aliphatic carbocycles. The fraction of sp³-hybridized carbons (Fsp3) is 0.429. The second kappa shape index (κ2) is 6.44. The van der Waals surface area contributed by atoms with Crippen molar-refractivity contribution in [1.82, 2.24) is 9.36 Å². The third-order valence-electron chi connectivity index (χ3n) is 3.46. The van der Waals surface area contributed by atoms with E-state index >= 15 is 0 Å².